The number of carbonyl (C=O) groups is 1. The average molecular weight is 659 g/mol. The Morgan fingerprint density at radius 1 is 1.00 bits per heavy atom. The van der Waals surface area contributed by atoms with Crippen molar-refractivity contribution in [1.82, 2.24) is 9.80 Å². The second-order valence-electron chi connectivity index (χ2n) is 12.5. The van der Waals surface area contributed by atoms with Crippen molar-refractivity contribution in [1.29, 1.82) is 0 Å². The van der Waals surface area contributed by atoms with Crippen molar-refractivity contribution in [3.63, 3.8) is 0 Å². The number of rotatable bonds is 9. The highest BCUT2D eigenvalue weighted by Crippen LogP contribution is 2.49. The third-order valence-electron chi connectivity index (χ3n) is 9.22. The number of amides is 1. The van der Waals surface area contributed by atoms with Crippen LogP contribution in [0.3, 0.4) is 0 Å². The zero-order valence-corrected chi connectivity index (χ0v) is 28.4. The van der Waals surface area contributed by atoms with Gasteiger partial charge >= 0.3 is 0 Å². The Kier molecular flexibility index (Phi) is 9.57. The Bertz CT molecular complexity index is 1630. The number of hydrogen-bond acceptors (Lipinski definition) is 5. The molecule has 3 aromatic rings. The molecule has 1 fully saturated rings. The number of piperidine rings is 1. The van der Waals surface area contributed by atoms with Crippen LogP contribution in [0.5, 0.6) is 5.75 Å². The molecule has 10 heteroatoms. The first-order valence-electron chi connectivity index (χ1n) is 15.0. The molecule has 1 spiro atoms. The summed E-state index contributed by atoms with van der Waals surface area (Å²) in [5.41, 5.74) is 5.44. The van der Waals surface area contributed by atoms with E-state index >= 15 is 0 Å². The van der Waals surface area contributed by atoms with Crippen LogP contribution in [0.25, 0.3) is 0 Å². The number of methoxy groups -OCH3 is 1. The van der Waals surface area contributed by atoms with Crippen molar-refractivity contribution in [3.05, 3.63) is 92.5 Å². The van der Waals surface area contributed by atoms with Crippen molar-refractivity contribution in [2.45, 2.75) is 44.4 Å². The normalized spacial score (nSPS) is 17.0. The second kappa shape index (κ2) is 12.9. The SMILES string of the molecule is COc1ccc2c(c1)C1(CCN(CC[C@H](CN(C)C(=O)c3cc(C)cc(C)c3)c3ccc(Cl)c(Cl)c3)CC1)CN2S(C)(=O)=O. The van der Waals surface area contributed by atoms with Gasteiger partial charge in [-0.2, -0.15) is 0 Å². The summed E-state index contributed by atoms with van der Waals surface area (Å²) in [5.74, 6) is 0.787. The first kappa shape index (κ1) is 32.6. The van der Waals surface area contributed by atoms with Gasteiger partial charge in [0.25, 0.3) is 5.91 Å². The van der Waals surface area contributed by atoms with Gasteiger partial charge in [-0.3, -0.25) is 9.10 Å². The van der Waals surface area contributed by atoms with Crippen LogP contribution < -0.4 is 9.04 Å². The van der Waals surface area contributed by atoms with E-state index in [9.17, 15) is 13.2 Å². The van der Waals surface area contributed by atoms with Gasteiger partial charge in [0.05, 0.1) is 29.1 Å². The molecule has 2 heterocycles. The maximum absolute atomic E-state index is 13.4. The molecule has 2 aliphatic rings. The van der Waals surface area contributed by atoms with Crippen molar-refractivity contribution in [2.24, 2.45) is 0 Å². The number of likely N-dealkylation sites (N-methyl/N-ethyl adjacent to an activating group) is 1. The lowest BCUT2D eigenvalue weighted by Crippen LogP contribution is -2.46. The van der Waals surface area contributed by atoms with E-state index < -0.39 is 10.0 Å². The topological polar surface area (TPSA) is 70.2 Å². The molecule has 44 heavy (non-hydrogen) atoms. The minimum absolute atomic E-state index is 0.00691. The predicted octanol–water partition coefficient (Wildman–Crippen LogP) is 6.68. The summed E-state index contributed by atoms with van der Waals surface area (Å²) in [6.07, 6.45) is 3.80. The van der Waals surface area contributed by atoms with Crippen LogP contribution in [-0.4, -0.2) is 77.3 Å². The smallest absolute Gasteiger partial charge is 0.253 e. The molecule has 236 valence electrons. The molecular formula is C34H41Cl2N3O4S. The highest BCUT2D eigenvalue weighted by molar-refractivity contribution is 7.92. The Balaban J connectivity index is 1.31. The fourth-order valence-electron chi connectivity index (χ4n) is 6.86. The summed E-state index contributed by atoms with van der Waals surface area (Å²) in [4.78, 5) is 17.7. The minimum atomic E-state index is -3.40. The molecule has 0 aliphatic carbocycles. The van der Waals surface area contributed by atoms with Crippen LogP contribution in [0.2, 0.25) is 10.0 Å². The minimum Gasteiger partial charge on any atom is -0.497 e. The molecule has 0 radical (unpaired) electrons. The lowest BCUT2D eigenvalue weighted by atomic mass is 9.74. The van der Waals surface area contributed by atoms with Gasteiger partial charge < -0.3 is 14.5 Å². The number of carbonyl (C=O) groups excluding carboxylic acids is 1. The highest BCUT2D eigenvalue weighted by atomic mass is 35.5. The van der Waals surface area contributed by atoms with E-state index in [1.807, 2.05) is 69.4 Å². The lowest BCUT2D eigenvalue weighted by Gasteiger charge is -2.40. The largest absolute Gasteiger partial charge is 0.497 e. The highest BCUT2D eigenvalue weighted by Gasteiger charge is 2.47. The van der Waals surface area contributed by atoms with E-state index in [4.69, 9.17) is 27.9 Å². The van der Waals surface area contributed by atoms with E-state index in [1.54, 1.807) is 16.3 Å². The number of nitrogens with zero attached hydrogens (tertiary/aromatic N) is 3. The number of anilines is 1. The Morgan fingerprint density at radius 3 is 2.30 bits per heavy atom. The predicted molar refractivity (Wildman–Crippen MR) is 179 cm³/mol. The third-order valence-corrected chi connectivity index (χ3v) is 11.1. The van der Waals surface area contributed by atoms with Crippen molar-refractivity contribution in [2.75, 3.05) is 57.4 Å². The van der Waals surface area contributed by atoms with Crippen LogP contribution in [0, 0.1) is 13.8 Å². The number of halogens is 2. The molecule has 1 atom stereocenters. The quantitative estimate of drug-likeness (QED) is 0.257. The molecule has 1 amide bonds. The number of ether oxygens (including phenoxy) is 1. The standard InChI is InChI=1S/C34H41Cl2N3O4S/c1-23-16-24(2)18-27(17-23)33(40)37(3)21-26(25-6-8-30(35)31(36)19-25)10-13-38-14-11-34(12-15-38)22-39(44(5,41)42)32-9-7-28(43-4)20-29(32)34/h6-9,16-20,26H,10-15,21-22H2,1-5H3/t26-/m1/s1. The Labute approximate surface area is 271 Å². The number of likely N-dealkylation sites (tertiary alicyclic amines) is 1. The molecule has 0 unspecified atom stereocenters. The number of fused-ring (bicyclic) bond motifs is 2. The maximum atomic E-state index is 13.4. The summed E-state index contributed by atoms with van der Waals surface area (Å²) in [6.45, 7) is 7.54. The molecular weight excluding hydrogens is 617 g/mol. The summed E-state index contributed by atoms with van der Waals surface area (Å²) >= 11 is 12.7. The summed E-state index contributed by atoms with van der Waals surface area (Å²) < 4.78 is 32.5. The second-order valence-corrected chi connectivity index (χ2v) is 15.2. The van der Waals surface area contributed by atoms with Crippen LogP contribution >= 0.6 is 23.2 Å². The fourth-order valence-corrected chi connectivity index (χ4v) is 8.16. The van der Waals surface area contributed by atoms with Crippen LogP contribution in [0.15, 0.2) is 54.6 Å². The average Bonchev–Trinajstić information content (AvgIpc) is 3.30. The lowest BCUT2D eigenvalue weighted by molar-refractivity contribution is 0.0780. The summed E-state index contributed by atoms with van der Waals surface area (Å²) in [6, 6.07) is 17.4. The summed E-state index contributed by atoms with van der Waals surface area (Å²) in [5, 5.41) is 1.01. The van der Waals surface area contributed by atoms with Gasteiger partial charge in [0.15, 0.2) is 0 Å². The Morgan fingerprint density at radius 2 is 1.68 bits per heavy atom. The van der Waals surface area contributed by atoms with Crippen molar-refractivity contribution in [3.8, 4) is 5.75 Å². The molecule has 0 bridgehead atoms. The van der Waals surface area contributed by atoms with Crippen molar-refractivity contribution >= 4 is 44.8 Å². The van der Waals surface area contributed by atoms with Gasteiger partial charge in [0.1, 0.15) is 5.75 Å². The van der Waals surface area contributed by atoms with E-state index in [1.165, 1.54) is 6.26 Å². The first-order chi connectivity index (χ1) is 20.8. The van der Waals surface area contributed by atoms with Gasteiger partial charge in [-0.15, -0.1) is 0 Å². The van der Waals surface area contributed by atoms with E-state index in [0.717, 1.165) is 72.6 Å². The Hall–Kier alpha value is -2.78. The number of benzene rings is 3. The van der Waals surface area contributed by atoms with Crippen LogP contribution in [0.4, 0.5) is 5.69 Å². The fraction of sp³-hybridized carbons (Fsp3) is 0.441. The maximum Gasteiger partial charge on any atom is 0.253 e. The van der Waals surface area contributed by atoms with Gasteiger partial charge in [-0.05, 0) is 106 Å². The van der Waals surface area contributed by atoms with Gasteiger partial charge in [-0.1, -0.05) is 46.5 Å². The van der Waals surface area contributed by atoms with Gasteiger partial charge in [0, 0.05) is 37.0 Å². The third kappa shape index (κ3) is 6.89. The zero-order valence-electron chi connectivity index (χ0n) is 26.1. The van der Waals surface area contributed by atoms with Gasteiger partial charge in [-0.25, -0.2) is 8.42 Å². The van der Waals surface area contributed by atoms with Crippen molar-refractivity contribution < 1.29 is 17.9 Å². The molecule has 0 N–H and O–H groups in total. The molecule has 2 aliphatic heterocycles. The van der Waals surface area contributed by atoms with E-state index in [0.29, 0.717) is 28.7 Å². The first-order valence-corrected chi connectivity index (χ1v) is 17.6. The zero-order chi connectivity index (χ0) is 31.8. The summed E-state index contributed by atoms with van der Waals surface area (Å²) in [7, 11) is 0.0918. The molecule has 0 aromatic heterocycles. The molecule has 5 rings (SSSR count). The molecule has 3 aromatic carbocycles. The number of aryl methyl sites for hydroxylation is 2. The molecule has 1 saturated heterocycles. The number of sulfonamides is 1. The van der Waals surface area contributed by atoms with Gasteiger partial charge in [0.2, 0.25) is 10.0 Å². The molecule has 0 saturated carbocycles. The monoisotopic (exact) mass is 657 g/mol. The van der Waals surface area contributed by atoms with Crippen LogP contribution in [-0.2, 0) is 15.4 Å². The van der Waals surface area contributed by atoms with E-state index in [-0.39, 0.29) is 17.2 Å². The number of hydrogen-bond donors (Lipinski definition) is 0. The van der Waals surface area contributed by atoms with Crippen LogP contribution in [0.1, 0.15) is 57.8 Å². The van der Waals surface area contributed by atoms with E-state index in [2.05, 4.69) is 11.0 Å². The molecule has 7 nitrogen and oxygen atoms in total.